The molecule has 3 N–H and O–H groups in total. The highest BCUT2D eigenvalue weighted by Crippen LogP contribution is 2.31. The van der Waals surface area contributed by atoms with E-state index in [-0.39, 0.29) is 5.82 Å². The fourth-order valence-corrected chi connectivity index (χ4v) is 3.45. The average Bonchev–Trinajstić information content (AvgIpc) is 3.32. The van der Waals surface area contributed by atoms with Gasteiger partial charge in [-0.2, -0.15) is 0 Å². The zero-order valence-corrected chi connectivity index (χ0v) is 13.5. The van der Waals surface area contributed by atoms with Crippen molar-refractivity contribution in [2.75, 3.05) is 13.2 Å². The number of halogens is 1. The minimum Gasteiger partial charge on any atom is -0.441 e. The maximum Gasteiger partial charge on any atom is 0.197 e. The van der Waals surface area contributed by atoms with E-state index in [1.54, 1.807) is 6.07 Å². The highest BCUT2D eigenvalue weighted by Gasteiger charge is 2.17. The second kappa shape index (κ2) is 5.68. The van der Waals surface area contributed by atoms with Gasteiger partial charge in [0, 0.05) is 48.3 Å². The lowest BCUT2D eigenvalue weighted by atomic mass is 10.0. The maximum atomic E-state index is 13.4. The largest absolute Gasteiger partial charge is 0.441 e. The minimum atomic E-state index is -0.244. The van der Waals surface area contributed by atoms with E-state index in [0.29, 0.717) is 6.04 Å². The number of fused-ring (bicyclic) bond motifs is 2. The van der Waals surface area contributed by atoms with Gasteiger partial charge in [0.1, 0.15) is 11.3 Å². The van der Waals surface area contributed by atoms with E-state index in [9.17, 15) is 4.39 Å². The molecule has 1 atom stereocenters. The zero-order chi connectivity index (χ0) is 16.8. The number of oxazole rings is 1. The first-order valence-electron chi connectivity index (χ1n) is 8.37. The third-order valence-corrected chi connectivity index (χ3v) is 4.72. The number of hydrogen-bond donors (Lipinski definition) is 3. The predicted octanol–water partition coefficient (Wildman–Crippen LogP) is 3.18. The van der Waals surface area contributed by atoms with Gasteiger partial charge >= 0.3 is 0 Å². The first-order chi connectivity index (χ1) is 12.3. The molecule has 25 heavy (non-hydrogen) atoms. The molecule has 0 radical (unpaired) electrons. The highest BCUT2D eigenvalue weighted by atomic mass is 19.1. The summed E-state index contributed by atoms with van der Waals surface area (Å²) in [6.45, 7) is 1.76. The number of nitrogens with one attached hydrogen (secondary N) is 3. The molecule has 0 spiro atoms. The second-order valence-electron chi connectivity index (χ2n) is 6.42. The van der Waals surface area contributed by atoms with Crippen LogP contribution in [0.5, 0.6) is 0 Å². The van der Waals surface area contributed by atoms with E-state index in [1.807, 2.05) is 24.4 Å². The molecule has 1 saturated heterocycles. The Hall–Kier alpha value is -2.70. The van der Waals surface area contributed by atoms with Crippen LogP contribution in [0.15, 0.2) is 47.0 Å². The Labute approximate surface area is 143 Å². The molecular weight excluding hydrogens is 319 g/mol. The summed E-state index contributed by atoms with van der Waals surface area (Å²) < 4.78 is 19.3. The van der Waals surface area contributed by atoms with Gasteiger partial charge in [-0.1, -0.05) is 6.07 Å². The Kier molecular flexibility index (Phi) is 3.33. The monoisotopic (exact) mass is 336 g/mol. The fraction of sp³-hybridized carbons (Fsp3) is 0.211. The SMILES string of the molecule is Fc1ccc2c(-c3ccc4nc(CC5CNCN5)oc4c3)c[nH]c2c1. The Morgan fingerprint density at radius 1 is 1.20 bits per heavy atom. The van der Waals surface area contributed by atoms with Crippen molar-refractivity contribution < 1.29 is 8.81 Å². The molecule has 3 heterocycles. The van der Waals surface area contributed by atoms with E-state index in [2.05, 4.69) is 20.6 Å². The number of rotatable bonds is 3. The molecule has 1 aliphatic heterocycles. The predicted molar refractivity (Wildman–Crippen MR) is 94.8 cm³/mol. The van der Waals surface area contributed by atoms with Gasteiger partial charge in [-0.15, -0.1) is 0 Å². The van der Waals surface area contributed by atoms with E-state index < -0.39 is 0 Å². The van der Waals surface area contributed by atoms with Crippen molar-refractivity contribution in [1.29, 1.82) is 0 Å². The lowest BCUT2D eigenvalue weighted by molar-refractivity contribution is 0.487. The van der Waals surface area contributed by atoms with E-state index >= 15 is 0 Å². The van der Waals surface area contributed by atoms with Crippen molar-refractivity contribution in [3.63, 3.8) is 0 Å². The molecule has 2 aromatic carbocycles. The molecule has 126 valence electrons. The summed E-state index contributed by atoms with van der Waals surface area (Å²) in [4.78, 5) is 7.71. The molecule has 1 fully saturated rings. The number of nitrogens with zero attached hydrogens (tertiary/aromatic N) is 1. The third kappa shape index (κ3) is 2.59. The first kappa shape index (κ1) is 14.6. The van der Waals surface area contributed by atoms with Gasteiger partial charge in [0.05, 0.1) is 0 Å². The van der Waals surface area contributed by atoms with Gasteiger partial charge in [-0.25, -0.2) is 9.37 Å². The lowest BCUT2D eigenvalue weighted by Gasteiger charge is -2.04. The quantitative estimate of drug-likeness (QED) is 0.538. The Morgan fingerprint density at radius 3 is 3.04 bits per heavy atom. The Bertz CT molecular complexity index is 1060. The summed E-state index contributed by atoms with van der Waals surface area (Å²) in [5.74, 6) is 0.501. The van der Waals surface area contributed by atoms with Crippen LogP contribution in [0.4, 0.5) is 4.39 Å². The van der Waals surface area contributed by atoms with Crippen LogP contribution in [0.25, 0.3) is 33.1 Å². The first-order valence-corrected chi connectivity index (χ1v) is 8.37. The smallest absolute Gasteiger partial charge is 0.197 e. The Balaban J connectivity index is 1.52. The van der Waals surface area contributed by atoms with E-state index in [4.69, 9.17) is 4.42 Å². The molecule has 5 nitrogen and oxygen atoms in total. The van der Waals surface area contributed by atoms with Gasteiger partial charge in [-0.05, 0) is 35.9 Å². The molecule has 1 aliphatic rings. The molecule has 2 aromatic heterocycles. The van der Waals surface area contributed by atoms with Crippen molar-refractivity contribution in [2.24, 2.45) is 0 Å². The van der Waals surface area contributed by atoms with Crippen LogP contribution in [-0.4, -0.2) is 29.2 Å². The molecule has 1 unspecified atom stereocenters. The van der Waals surface area contributed by atoms with Crippen LogP contribution < -0.4 is 10.6 Å². The molecular formula is C19H17FN4O. The number of H-pyrrole nitrogens is 1. The highest BCUT2D eigenvalue weighted by molar-refractivity contribution is 5.97. The number of benzene rings is 2. The zero-order valence-electron chi connectivity index (χ0n) is 13.5. The summed E-state index contributed by atoms with van der Waals surface area (Å²) in [6.07, 6.45) is 2.67. The number of aromatic nitrogens is 2. The summed E-state index contributed by atoms with van der Waals surface area (Å²) in [6, 6.07) is 11.1. The normalized spacial score (nSPS) is 17.7. The average molecular weight is 336 g/mol. The van der Waals surface area contributed by atoms with Gasteiger partial charge in [-0.3, -0.25) is 5.32 Å². The summed E-state index contributed by atoms with van der Waals surface area (Å²) >= 11 is 0. The summed E-state index contributed by atoms with van der Waals surface area (Å²) in [5, 5.41) is 7.61. The topological polar surface area (TPSA) is 65.9 Å². The van der Waals surface area contributed by atoms with E-state index in [1.165, 1.54) is 12.1 Å². The fourth-order valence-electron chi connectivity index (χ4n) is 3.45. The van der Waals surface area contributed by atoms with Crippen molar-refractivity contribution in [2.45, 2.75) is 12.5 Å². The molecule has 5 rings (SSSR count). The van der Waals surface area contributed by atoms with Crippen molar-refractivity contribution in [3.05, 3.63) is 54.3 Å². The van der Waals surface area contributed by atoms with Crippen molar-refractivity contribution >= 4 is 22.0 Å². The standard InChI is InChI=1S/C19H17FN4O/c20-12-2-3-14-15(9-22-17(14)6-12)11-1-4-16-18(5-11)25-19(24-16)7-13-8-21-10-23-13/h1-6,9,13,21-23H,7-8,10H2. The molecule has 4 aromatic rings. The molecule has 0 saturated carbocycles. The summed E-state index contributed by atoms with van der Waals surface area (Å²) in [7, 11) is 0. The van der Waals surface area contributed by atoms with Gasteiger partial charge in [0.25, 0.3) is 0 Å². The number of aromatic amines is 1. The third-order valence-electron chi connectivity index (χ3n) is 4.72. The van der Waals surface area contributed by atoms with Crippen LogP contribution in [0.1, 0.15) is 5.89 Å². The maximum absolute atomic E-state index is 13.4. The molecule has 6 heteroatoms. The van der Waals surface area contributed by atoms with Gasteiger partial charge in [0.15, 0.2) is 11.5 Å². The molecule has 0 bridgehead atoms. The lowest BCUT2D eigenvalue weighted by Crippen LogP contribution is -2.26. The molecule has 0 aliphatic carbocycles. The Morgan fingerprint density at radius 2 is 2.16 bits per heavy atom. The van der Waals surface area contributed by atoms with Crippen LogP contribution in [0, 0.1) is 5.82 Å². The van der Waals surface area contributed by atoms with Crippen LogP contribution >= 0.6 is 0 Å². The van der Waals surface area contributed by atoms with Crippen LogP contribution in [0.2, 0.25) is 0 Å². The number of hydrogen-bond acceptors (Lipinski definition) is 4. The van der Waals surface area contributed by atoms with Gasteiger partial charge < -0.3 is 14.7 Å². The van der Waals surface area contributed by atoms with E-state index in [0.717, 1.165) is 58.7 Å². The summed E-state index contributed by atoms with van der Waals surface area (Å²) in [5.41, 5.74) is 4.46. The van der Waals surface area contributed by atoms with Crippen molar-refractivity contribution in [3.8, 4) is 11.1 Å². The van der Waals surface area contributed by atoms with Gasteiger partial charge in [0.2, 0.25) is 0 Å². The molecule has 0 amide bonds. The van der Waals surface area contributed by atoms with Crippen LogP contribution in [-0.2, 0) is 6.42 Å². The van der Waals surface area contributed by atoms with Crippen LogP contribution in [0.3, 0.4) is 0 Å². The van der Waals surface area contributed by atoms with Crippen molar-refractivity contribution in [1.82, 2.24) is 20.6 Å². The minimum absolute atomic E-state index is 0.244. The second-order valence-corrected chi connectivity index (χ2v) is 6.42.